The van der Waals surface area contributed by atoms with Crippen molar-refractivity contribution in [3.63, 3.8) is 0 Å². The highest BCUT2D eigenvalue weighted by Gasteiger charge is 2.54. The number of carbonyl (C=O) groups is 1. The summed E-state index contributed by atoms with van der Waals surface area (Å²) in [5.41, 5.74) is 2.06. The van der Waals surface area contributed by atoms with Gasteiger partial charge >= 0.3 is 0 Å². The van der Waals surface area contributed by atoms with Gasteiger partial charge in [0.2, 0.25) is 11.8 Å². The lowest BCUT2D eigenvalue weighted by Crippen LogP contribution is -2.52. The Morgan fingerprint density at radius 3 is 2.64 bits per heavy atom. The molecule has 2 fully saturated rings. The van der Waals surface area contributed by atoms with Crippen LogP contribution in [0.2, 0.25) is 0 Å². The van der Waals surface area contributed by atoms with Crippen molar-refractivity contribution in [2.45, 2.75) is 38.1 Å². The molecule has 0 spiro atoms. The molecule has 25 heavy (non-hydrogen) atoms. The Hall–Kier alpha value is -2.21. The van der Waals surface area contributed by atoms with Crippen LogP contribution in [-0.2, 0) is 10.2 Å². The average molecular weight is 340 g/mol. The lowest BCUT2D eigenvalue weighted by molar-refractivity contribution is -0.137. The van der Waals surface area contributed by atoms with E-state index in [1.807, 2.05) is 31.0 Å². The van der Waals surface area contributed by atoms with Crippen LogP contribution in [0.4, 0.5) is 0 Å². The first-order valence-electron chi connectivity index (χ1n) is 8.87. The minimum Gasteiger partial charge on any atom is -0.339 e. The van der Waals surface area contributed by atoms with Crippen LogP contribution in [0.1, 0.15) is 41.7 Å². The molecule has 2 aliphatic rings. The van der Waals surface area contributed by atoms with Crippen LogP contribution in [0, 0.1) is 13.8 Å². The molecule has 1 aliphatic heterocycles. The molecule has 4 rings (SSSR count). The first-order chi connectivity index (χ1) is 12.0. The summed E-state index contributed by atoms with van der Waals surface area (Å²) in [6, 6.07) is 8.23. The maximum absolute atomic E-state index is 13.4. The standard InChI is InChI=1S/C19H24N4O2/c1-13-6-4-5-7-15(13)19(8-9-19)18(24)23-11-10-22(3)16(12-23)17-20-14(2)21-25-17/h4-7,16H,8-12H2,1-3H3/t16-/m1/s1. The van der Waals surface area contributed by atoms with E-state index in [1.54, 1.807) is 0 Å². The quantitative estimate of drug-likeness (QED) is 0.857. The normalized spacial score (nSPS) is 22.8. The van der Waals surface area contributed by atoms with Gasteiger partial charge in [0.05, 0.1) is 5.41 Å². The molecule has 1 saturated carbocycles. The van der Waals surface area contributed by atoms with Crippen molar-refractivity contribution in [2.75, 3.05) is 26.7 Å². The fourth-order valence-electron chi connectivity index (χ4n) is 3.91. The Bertz CT molecular complexity index is 796. The lowest BCUT2D eigenvalue weighted by Gasteiger charge is -2.39. The number of likely N-dealkylation sites (N-methyl/N-ethyl adjacent to an activating group) is 1. The zero-order valence-electron chi connectivity index (χ0n) is 15.0. The monoisotopic (exact) mass is 340 g/mol. The third kappa shape index (κ3) is 2.74. The van der Waals surface area contributed by atoms with Crippen LogP contribution in [0.25, 0.3) is 0 Å². The second-order valence-corrected chi connectivity index (χ2v) is 7.32. The molecule has 1 saturated heterocycles. The van der Waals surface area contributed by atoms with Crippen molar-refractivity contribution in [3.05, 3.63) is 47.1 Å². The van der Waals surface area contributed by atoms with Gasteiger partial charge < -0.3 is 9.42 Å². The molecular formula is C19H24N4O2. The summed E-state index contributed by atoms with van der Waals surface area (Å²) in [6.45, 7) is 6.06. The van der Waals surface area contributed by atoms with E-state index in [0.29, 0.717) is 18.3 Å². The number of hydrogen-bond donors (Lipinski definition) is 0. The molecule has 0 N–H and O–H groups in total. The molecule has 6 heteroatoms. The number of carbonyl (C=O) groups excluding carboxylic acids is 1. The summed E-state index contributed by atoms with van der Waals surface area (Å²) < 4.78 is 5.37. The van der Waals surface area contributed by atoms with Gasteiger partial charge in [-0.05, 0) is 44.9 Å². The molecule has 1 aromatic carbocycles. The van der Waals surface area contributed by atoms with E-state index in [9.17, 15) is 4.79 Å². The minimum absolute atomic E-state index is 0.0356. The van der Waals surface area contributed by atoms with Gasteiger partial charge in [-0.3, -0.25) is 9.69 Å². The van der Waals surface area contributed by atoms with Gasteiger partial charge in [-0.25, -0.2) is 0 Å². The molecule has 0 unspecified atom stereocenters. The first kappa shape index (κ1) is 16.3. The summed E-state index contributed by atoms with van der Waals surface area (Å²) in [5, 5.41) is 3.90. The Kier molecular flexibility index (Phi) is 3.87. The molecule has 1 aromatic heterocycles. The van der Waals surface area contributed by atoms with Crippen molar-refractivity contribution in [3.8, 4) is 0 Å². The molecule has 2 aromatic rings. The highest BCUT2D eigenvalue weighted by molar-refractivity contribution is 5.91. The predicted molar refractivity (Wildman–Crippen MR) is 93.1 cm³/mol. The Labute approximate surface area is 147 Å². The van der Waals surface area contributed by atoms with Crippen molar-refractivity contribution in [1.82, 2.24) is 19.9 Å². The molecule has 1 atom stereocenters. The van der Waals surface area contributed by atoms with Crippen LogP contribution < -0.4 is 0 Å². The summed E-state index contributed by atoms with van der Waals surface area (Å²) in [4.78, 5) is 21.9. The number of amides is 1. The van der Waals surface area contributed by atoms with Crippen molar-refractivity contribution in [2.24, 2.45) is 0 Å². The molecule has 0 radical (unpaired) electrons. The molecule has 1 aliphatic carbocycles. The smallest absolute Gasteiger partial charge is 0.245 e. The fourth-order valence-corrected chi connectivity index (χ4v) is 3.91. The SMILES string of the molecule is Cc1noc([C@H]2CN(C(=O)C3(c4ccccc4C)CC3)CCN2C)n1. The second kappa shape index (κ2) is 5.95. The van der Waals surface area contributed by atoms with E-state index in [1.165, 1.54) is 11.1 Å². The van der Waals surface area contributed by atoms with Crippen LogP contribution >= 0.6 is 0 Å². The van der Waals surface area contributed by atoms with Gasteiger partial charge in [0.15, 0.2) is 5.82 Å². The maximum atomic E-state index is 13.4. The van der Waals surface area contributed by atoms with Crippen LogP contribution in [0.15, 0.2) is 28.8 Å². The van der Waals surface area contributed by atoms with E-state index in [-0.39, 0.29) is 17.4 Å². The Morgan fingerprint density at radius 1 is 1.24 bits per heavy atom. The first-order valence-corrected chi connectivity index (χ1v) is 8.87. The predicted octanol–water partition coefficient (Wildman–Crippen LogP) is 2.23. The average Bonchev–Trinajstić information content (AvgIpc) is 3.30. The van der Waals surface area contributed by atoms with Crippen molar-refractivity contribution in [1.29, 1.82) is 0 Å². The molecule has 132 valence electrons. The number of piperazine rings is 1. The van der Waals surface area contributed by atoms with Crippen LogP contribution in [-0.4, -0.2) is 52.5 Å². The Morgan fingerprint density at radius 2 is 2.00 bits per heavy atom. The fraction of sp³-hybridized carbons (Fsp3) is 0.526. The third-order valence-electron chi connectivity index (χ3n) is 5.58. The minimum atomic E-state index is -0.323. The molecule has 6 nitrogen and oxygen atoms in total. The van der Waals surface area contributed by atoms with E-state index >= 15 is 0 Å². The highest BCUT2D eigenvalue weighted by atomic mass is 16.5. The Balaban J connectivity index is 1.57. The van der Waals surface area contributed by atoms with Gasteiger partial charge in [-0.1, -0.05) is 29.4 Å². The van der Waals surface area contributed by atoms with E-state index < -0.39 is 0 Å². The number of hydrogen-bond acceptors (Lipinski definition) is 5. The molecule has 2 heterocycles. The largest absolute Gasteiger partial charge is 0.339 e. The van der Waals surface area contributed by atoms with Gasteiger partial charge in [0, 0.05) is 19.6 Å². The van der Waals surface area contributed by atoms with Crippen molar-refractivity contribution < 1.29 is 9.32 Å². The number of rotatable bonds is 3. The summed E-state index contributed by atoms with van der Waals surface area (Å²) >= 11 is 0. The third-order valence-corrected chi connectivity index (χ3v) is 5.58. The van der Waals surface area contributed by atoms with Gasteiger partial charge in [0.25, 0.3) is 0 Å². The number of aromatic nitrogens is 2. The van der Waals surface area contributed by atoms with Gasteiger partial charge in [-0.15, -0.1) is 0 Å². The highest BCUT2D eigenvalue weighted by Crippen LogP contribution is 2.51. The van der Waals surface area contributed by atoms with E-state index in [2.05, 4.69) is 34.1 Å². The van der Waals surface area contributed by atoms with Crippen LogP contribution in [0.3, 0.4) is 0 Å². The van der Waals surface area contributed by atoms with Gasteiger partial charge in [0.1, 0.15) is 6.04 Å². The molecular weight excluding hydrogens is 316 g/mol. The van der Waals surface area contributed by atoms with E-state index in [0.717, 1.165) is 25.9 Å². The van der Waals surface area contributed by atoms with Crippen molar-refractivity contribution >= 4 is 5.91 Å². The van der Waals surface area contributed by atoms with Crippen LogP contribution in [0.5, 0.6) is 0 Å². The van der Waals surface area contributed by atoms with Gasteiger partial charge in [-0.2, -0.15) is 4.98 Å². The molecule has 0 bridgehead atoms. The number of nitrogens with zero attached hydrogens (tertiary/aromatic N) is 4. The number of aryl methyl sites for hydroxylation is 2. The zero-order chi connectivity index (χ0) is 17.6. The zero-order valence-corrected chi connectivity index (χ0v) is 15.0. The second-order valence-electron chi connectivity index (χ2n) is 7.32. The summed E-state index contributed by atoms with van der Waals surface area (Å²) in [7, 11) is 2.04. The summed E-state index contributed by atoms with van der Waals surface area (Å²) in [6.07, 6.45) is 1.88. The lowest BCUT2D eigenvalue weighted by atomic mass is 9.90. The summed E-state index contributed by atoms with van der Waals surface area (Å²) in [5.74, 6) is 1.47. The van der Waals surface area contributed by atoms with E-state index in [4.69, 9.17) is 4.52 Å². The topological polar surface area (TPSA) is 62.5 Å². The molecule has 1 amide bonds. The maximum Gasteiger partial charge on any atom is 0.245 e. The number of benzene rings is 1.